The SMILES string of the molecule is CCCCCCCCCCCCCCCCCCCCC1Nc2cccc(S(=O)(=O)O)c2N1. The second-order valence-electron chi connectivity index (χ2n) is 9.79. The van der Waals surface area contributed by atoms with Crippen LogP contribution in [0.25, 0.3) is 0 Å². The molecule has 1 aromatic rings. The van der Waals surface area contributed by atoms with Gasteiger partial charge in [-0.05, 0) is 25.0 Å². The predicted molar refractivity (Wildman–Crippen MR) is 141 cm³/mol. The molecule has 1 aliphatic heterocycles. The van der Waals surface area contributed by atoms with Gasteiger partial charge in [-0.3, -0.25) is 4.55 Å². The minimum atomic E-state index is -4.21. The van der Waals surface area contributed by atoms with E-state index in [1.54, 1.807) is 6.07 Å². The molecule has 3 N–H and O–H groups in total. The first-order chi connectivity index (χ1) is 16.0. The van der Waals surface area contributed by atoms with Crippen LogP contribution in [-0.2, 0) is 10.1 Å². The van der Waals surface area contributed by atoms with Crippen LogP contribution < -0.4 is 10.6 Å². The summed E-state index contributed by atoms with van der Waals surface area (Å²) >= 11 is 0. The van der Waals surface area contributed by atoms with Crippen molar-refractivity contribution in [3.8, 4) is 0 Å². The number of rotatable bonds is 20. The van der Waals surface area contributed by atoms with Crippen LogP contribution in [-0.4, -0.2) is 19.1 Å². The lowest BCUT2D eigenvalue weighted by atomic mass is 10.0. The van der Waals surface area contributed by atoms with Crippen molar-refractivity contribution < 1.29 is 13.0 Å². The minimum Gasteiger partial charge on any atom is -0.364 e. The zero-order valence-corrected chi connectivity index (χ0v) is 21.7. The van der Waals surface area contributed by atoms with Gasteiger partial charge in [-0.1, -0.05) is 122 Å². The summed E-state index contributed by atoms with van der Waals surface area (Å²) in [5, 5.41) is 6.53. The molecule has 190 valence electrons. The third-order valence-electron chi connectivity index (χ3n) is 6.80. The van der Waals surface area contributed by atoms with Crippen LogP contribution in [0.3, 0.4) is 0 Å². The molecule has 1 aliphatic rings. The number of unbranched alkanes of at least 4 members (excludes halogenated alkanes) is 17. The van der Waals surface area contributed by atoms with Crippen molar-refractivity contribution >= 4 is 21.5 Å². The standard InChI is InChI=1S/C27H48N2O3S/c1-2-3-4-5-6-7-8-9-10-11-12-13-14-15-16-17-18-19-23-26-28-24-21-20-22-25(27(24)29-26)33(30,31)32/h20-22,26,28-29H,2-19,23H2,1H3,(H,30,31,32). The molecule has 0 bridgehead atoms. The van der Waals surface area contributed by atoms with Crippen LogP contribution >= 0.6 is 0 Å². The van der Waals surface area contributed by atoms with Gasteiger partial charge in [-0.2, -0.15) is 8.42 Å². The van der Waals surface area contributed by atoms with E-state index < -0.39 is 10.1 Å². The third kappa shape index (κ3) is 11.6. The summed E-state index contributed by atoms with van der Waals surface area (Å²) in [7, 11) is -4.21. The fourth-order valence-electron chi connectivity index (χ4n) is 4.81. The Morgan fingerprint density at radius 3 is 1.61 bits per heavy atom. The van der Waals surface area contributed by atoms with Crippen molar-refractivity contribution in [2.24, 2.45) is 0 Å². The lowest BCUT2D eigenvalue weighted by Gasteiger charge is -2.12. The fraction of sp³-hybridized carbons (Fsp3) is 0.778. The molecule has 6 heteroatoms. The van der Waals surface area contributed by atoms with Crippen molar-refractivity contribution in [3.63, 3.8) is 0 Å². The van der Waals surface area contributed by atoms with E-state index in [1.807, 2.05) is 6.07 Å². The summed E-state index contributed by atoms with van der Waals surface area (Å²) in [6.45, 7) is 2.28. The van der Waals surface area contributed by atoms with Gasteiger partial charge in [0.2, 0.25) is 0 Å². The van der Waals surface area contributed by atoms with Gasteiger partial charge in [-0.15, -0.1) is 0 Å². The average molecular weight is 481 g/mol. The van der Waals surface area contributed by atoms with Crippen molar-refractivity contribution in [2.75, 3.05) is 10.6 Å². The van der Waals surface area contributed by atoms with Crippen LogP contribution in [0.5, 0.6) is 0 Å². The highest BCUT2D eigenvalue weighted by molar-refractivity contribution is 7.86. The normalized spacial score (nSPS) is 15.3. The molecule has 33 heavy (non-hydrogen) atoms. The van der Waals surface area contributed by atoms with Gasteiger partial charge in [0.15, 0.2) is 0 Å². The molecular formula is C27H48N2O3S. The van der Waals surface area contributed by atoms with Crippen molar-refractivity contribution in [3.05, 3.63) is 18.2 Å². The number of para-hydroxylation sites is 1. The Kier molecular flexibility index (Phi) is 13.9. The molecule has 1 aromatic carbocycles. The molecule has 0 saturated carbocycles. The maximum atomic E-state index is 11.5. The van der Waals surface area contributed by atoms with Gasteiger partial charge in [0.05, 0.1) is 17.5 Å². The Bertz CT molecular complexity index is 752. The summed E-state index contributed by atoms with van der Waals surface area (Å²) in [5.74, 6) is 0. The van der Waals surface area contributed by atoms with E-state index in [0.717, 1.165) is 18.5 Å². The molecule has 2 rings (SSSR count). The van der Waals surface area contributed by atoms with Crippen LogP contribution in [0.4, 0.5) is 11.4 Å². The van der Waals surface area contributed by atoms with Crippen LogP contribution in [0.2, 0.25) is 0 Å². The lowest BCUT2D eigenvalue weighted by molar-refractivity contribution is 0.483. The first kappa shape index (κ1) is 28.0. The maximum absolute atomic E-state index is 11.5. The van der Waals surface area contributed by atoms with Crippen molar-refractivity contribution in [1.82, 2.24) is 0 Å². The van der Waals surface area contributed by atoms with Gasteiger partial charge in [0, 0.05) is 0 Å². The first-order valence-corrected chi connectivity index (χ1v) is 15.1. The zero-order chi connectivity index (χ0) is 23.8. The maximum Gasteiger partial charge on any atom is 0.296 e. The zero-order valence-electron chi connectivity index (χ0n) is 20.9. The summed E-state index contributed by atoms with van der Waals surface area (Å²) < 4.78 is 32.4. The Morgan fingerprint density at radius 2 is 1.15 bits per heavy atom. The molecule has 0 spiro atoms. The first-order valence-electron chi connectivity index (χ1n) is 13.7. The van der Waals surface area contributed by atoms with Gasteiger partial charge in [0.25, 0.3) is 10.1 Å². The van der Waals surface area contributed by atoms with E-state index in [1.165, 1.54) is 115 Å². The van der Waals surface area contributed by atoms with E-state index in [-0.39, 0.29) is 11.1 Å². The monoisotopic (exact) mass is 480 g/mol. The molecule has 0 saturated heterocycles. The van der Waals surface area contributed by atoms with Crippen molar-refractivity contribution in [1.29, 1.82) is 0 Å². The third-order valence-corrected chi connectivity index (χ3v) is 7.69. The molecule has 0 fully saturated rings. The summed E-state index contributed by atoms with van der Waals surface area (Å²) in [6.07, 6.45) is 25.6. The smallest absolute Gasteiger partial charge is 0.296 e. The van der Waals surface area contributed by atoms with Crippen molar-refractivity contribution in [2.45, 2.75) is 140 Å². The molecule has 0 aliphatic carbocycles. The van der Waals surface area contributed by atoms with Crippen LogP contribution in [0.15, 0.2) is 23.1 Å². The summed E-state index contributed by atoms with van der Waals surface area (Å²) in [6, 6.07) is 4.92. The van der Waals surface area contributed by atoms with E-state index in [0.29, 0.717) is 5.69 Å². The second kappa shape index (κ2) is 16.4. The number of fused-ring (bicyclic) bond motifs is 1. The Hall–Kier alpha value is -1.27. The summed E-state index contributed by atoms with van der Waals surface area (Å²) in [4.78, 5) is -0.0483. The molecular weight excluding hydrogens is 432 g/mol. The van der Waals surface area contributed by atoms with Crippen LogP contribution in [0.1, 0.15) is 129 Å². The lowest BCUT2D eigenvalue weighted by Crippen LogP contribution is -2.22. The van der Waals surface area contributed by atoms with Gasteiger partial charge in [0.1, 0.15) is 4.90 Å². The molecule has 0 radical (unpaired) electrons. The van der Waals surface area contributed by atoms with E-state index in [4.69, 9.17) is 0 Å². The Labute approximate surface area is 203 Å². The number of benzene rings is 1. The van der Waals surface area contributed by atoms with Crippen LogP contribution in [0, 0.1) is 0 Å². The second-order valence-corrected chi connectivity index (χ2v) is 11.2. The quantitative estimate of drug-likeness (QED) is 0.129. The average Bonchev–Trinajstić information content (AvgIpc) is 3.20. The van der Waals surface area contributed by atoms with E-state index in [9.17, 15) is 13.0 Å². The topological polar surface area (TPSA) is 78.4 Å². The Balaban J connectivity index is 1.36. The van der Waals surface area contributed by atoms with Gasteiger partial charge < -0.3 is 10.6 Å². The predicted octanol–water partition coefficient (Wildman–Crippen LogP) is 8.53. The number of hydrogen-bond acceptors (Lipinski definition) is 4. The molecule has 1 unspecified atom stereocenters. The van der Waals surface area contributed by atoms with Gasteiger partial charge >= 0.3 is 0 Å². The fourth-order valence-corrected chi connectivity index (χ4v) is 5.49. The molecule has 1 heterocycles. The highest BCUT2D eigenvalue weighted by Crippen LogP contribution is 2.36. The van der Waals surface area contributed by atoms with E-state index in [2.05, 4.69) is 17.6 Å². The number of anilines is 2. The highest BCUT2D eigenvalue weighted by Gasteiger charge is 2.26. The molecule has 1 atom stereocenters. The molecule has 0 amide bonds. The molecule has 5 nitrogen and oxygen atoms in total. The summed E-state index contributed by atoms with van der Waals surface area (Å²) in [5.41, 5.74) is 1.24. The molecule has 0 aromatic heterocycles. The number of nitrogens with one attached hydrogen (secondary N) is 2. The van der Waals surface area contributed by atoms with E-state index >= 15 is 0 Å². The number of hydrogen-bond donors (Lipinski definition) is 3. The highest BCUT2D eigenvalue weighted by atomic mass is 32.2. The minimum absolute atomic E-state index is 0.0314. The largest absolute Gasteiger partial charge is 0.364 e. The Morgan fingerprint density at radius 1 is 0.697 bits per heavy atom. The van der Waals surface area contributed by atoms with Gasteiger partial charge in [-0.25, -0.2) is 0 Å².